The van der Waals surface area contributed by atoms with Crippen LogP contribution in [-0.4, -0.2) is 4.98 Å². The molecule has 0 aliphatic heterocycles. The fourth-order valence-corrected chi connectivity index (χ4v) is 2.09. The van der Waals surface area contributed by atoms with Gasteiger partial charge in [-0.2, -0.15) is 5.26 Å². The molecule has 1 heterocycles. The number of thiazole rings is 1. The summed E-state index contributed by atoms with van der Waals surface area (Å²) in [6.45, 7) is 0. The zero-order valence-corrected chi connectivity index (χ0v) is 10.6. The summed E-state index contributed by atoms with van der Waals surface area (Å²) in [6.07, 6.45) is 0. The van der Waals surface area contributed by atoms with Crippen molar-refractivity contribution in [3.05, 3.63) is 45.3 Å². The minimum absolute atomic E-state index is 0.396. The number of anilines is 1. The van der Waals surface area contributed by atoms with Gasteiger partial charge in [0.2, 0.25) is 0 Å². The summed E-state index contributed by atoms with van der Waals surface area (Å²) >= 11 is 4.85. The number of nitrogens with one attached hydrogen (secondary N) is 1. The lowest BCUT2D eigenvalue weighted by atomic mass is 10.2. The number of nitriles is 1. The van der Waals surface area contributed by atoms with Crippen molar-refractivity contribution in [2.24, 2.45) is 0 Å². The topological polar surface area (TPSA) is 48.7 Å². The monoisotopic (exact) mass is 293 g/mol. The van der Waals surface area contributed by atoms with Crippen molar-refractivity contribution < 1.29 is 0 Å². The van der Waals surface area contributed by atoms with E-state index in [4.69, 9.17) is 5.26 Å². The number of benzene rings is 1. The van der Waals surface area contributed by atoms with Gasteiger partial charge in [0.25, 0.3) is 0 Å². The van der Waals surface area contributed by atoms with Gasteiger partial charge < -0.3 is 5.32 Å². The molecule has 0 radical (unpaired) electrons. The molecule has 0 bridgehead atoms. The first-order chi connectivity index (χ1) is 7.79. The van der Waals surface area contributed by atoms with Crippen LogP contribution in [0.25, 0.3) is 0 Å². The second kappa shape index (κ2) is 5.10. The second-order valence-electron chi connectivity index (χ2n) is 3.13. The van der Waals surface area contributed by atoms with Gasteiger partial charge in [0.15, 0.2) is 6.04 Å². The van der Waals surface area contributed by atoms with Crippen LogP contribution in [0.15, 0.2) is 39.6 Å². The third kappa shape index (κ3) is 2.60. The van der Waals surface area contributed by atoms with E-state index in [2.05, 4.69) is 32.3 Å². The van der Waals surface area contributed by atoms with Crippen LogP contribution in [0, 0.1) is 11.3 Å². The molecule has 0 saturated carbocycles. The Labute approximate surface area is 106 Å². The second-order valence-corrected chi connectivity index (χ2v) is 4.76. The van der Waals surface area contributed by atoms with Gasteiger partial charge in [0.1, 0.15) is 0 Å². The zero-order chi connectivity index (χ0) is 11.4. The van der Waals surface area contributed by atoms with Crippen molar-refractivity contribution in [3.8, 4) is 6.07 Å². The van der Waals surface area contributed by atoms with Crippen molar-refractivity contribution in [1.29, 1.82) is 5.26 Å². The summed E-state index contributed by atoms with van der Waals surface area (Å²) in [5.74, 6) is 0. The molecule has 5 heteroatoms. The maximum atomic E-state index is 9.06. The summed E-state index contributed by atoms with van der Waals surface area (Å²) in [5.41, 5.74) is 3.39. The van der Waals surface area contributed by atoms with E-state index in [0.717, 1.165) is 15.9 Å². The molecule has 1 unspecified atom stereocenters. The van der Waals surface area contributed by atoms with Gasteiger partial charge in [-0.05, 0) is 24.3 Å². The highest BCUT2D eigenvalue weighted by atomic mass is 79.9. The first-order valence-corrected chi connectivity index (χ1v) is 6.33. The van der Waals surface area contributed by atoms with Gasteiger partial charge in [-0.1, -0.05) is 15.9 Å². The number of halogens is 1. The SMILES string of the molecule is N#CC(Nc1ccc(Br)cc1)c1cscn1. The van der Waals surface area contributed by atoms with Crippen LogP contribution in [0.2, 0.25) is 0 Å². The van der Waals surface area contributed by atoms with Gasteiger partial charge >= 0.3 is 0 Å². The highest BCUT2D eigenvalue weighted by molar-refractivity contribution is 9.10. The molecule has 0 fully saturated rings. The Balaban J connectivity index is 2.14. The molecule has 1 N–H and O–H groups in total. The summed E-state index contributed by atoms with van der Waals surface area (Å²) in [5, 5.41) is 14.1. The third-order valence-electron chi connectivity index (χ3n) is 2.03. The summed E-state index contributed by atoms with van der Waals surface area (Å²) in [6, 6.07) is 9.48. The van der Waals surface area contributed by atoms with Crippen molar-refractivity contribution in [3.63, 3.8) is 0 Å². The zero-order valence-electron chi connectivity index (χ0n) is 8.22. The van der Waals surface area contributed by atoms with Crippen LogP contribution < -0.4 is 5.32 Å². The molecule has 16 heavy (non-hydrogen) atoms. The van der Waals surface area contributed by atoms with Crippen LogP contribution in [0.4, 0.5) is 5.69 Å². The van der Waals surface area contributed by atoms with Crippen LogP contribution >= 0.6 is 27.3 Å². The largest absolute Gasteiger partial charge is 0.365 e. The molecule has 0 aliphatic carbocycles. The number of rotatable bonds is 3. The Morgan fingerprint density at radius 1 is 1.38 bits per heavy atom. The van der Waals surface area contributed by atoms with Crippen LogP contribution in [0.1, 0.15) is 11.7 Å². The molecule has 1 atom stereocenters. The normalized spacial score (nSPS) is 11.8. The van der Waals surface area contributed by atoms with Crippen LogP contribution in [-0.2, 0) is 0 Å². The summed E-state index contributed by atoms with van der Waals surface area (Å²) < 4.78 is 1.01. The standard InChI is InChI=1S/C11H8BrN3S/c12-8-1-3-9(4-2-8)15-10(5-13)11-6-16-7-14-11/h1-4,6-7,10,15H. The summed E-state index contributed by atoms with van der Waals surface area (Å²) in [4.78, 5) is 4.13. The number of nitrogens with zero attached hydrogens (tertiary/aromatic N) is 2. The Morgan fingerprint density at radius 2 is 2.12 bits per heavy atom. The Kier molecular flexibility index (Phi) is 3.54. The van der Waals surface area contributed by atoms with E-state index in [1.165, 1.54) is 11.3 Å². The van der Waals surface area contributed by atoms with Crippen molar-refractivity contribution in [1.82, 2.24) is 4.98 Å². The van der Waals surface area contributed by atoms with E-state index >= 15 is 0 Å². The maximum absolute atomic E-state index is 9.06. The lowest BCUT2D eigenvalue weighted by molar-refractivity contribution is 0.950. The molecule has 0 spiro atoms. The molecule has 3 nitrogen and oxygen atoms in total. The average Bonchev–Trinajstić information content (AvgIpc) is 2.82. The van der Waals surface area contributed by atoms with Crippen LogP contribution in [0.5, 0.6) is 0 Å². The molecule has 0 amide bonds. The molecule has 80 valence electrons. The fraction of sp³-hybridized carbons (Fsp3) is 0.0909. The Bertz CT molecular complexity index is 487. The van der Waals surface area contributed by atoms with E-state index < -0.39 is 6.04 Å². The Morgan fingerprint density at radius 3 is 2.69 bits per heavy atom. The highest BCUT2D eigenvalue weighted by Crippen LogP contribution is 2.20. The third-order valence-corrected chi connectivity index (χ3v) is 3.16. The lowest BCUT2D eigenvalue weighted by Crippen LogP contribution is -2.08. The molecule has 2 rings (SSSR count). The number of aromatic nitrogens is 1. The van der Waals surface area contributed by atoms with E-state index in [9.17, 15) is 0 Å². The van der Waals surface area contributed by atoms with E-state index in [0.29, 0.717) is 0 Å². The van der Waals surface area contributed by atoms with E-state index in [1.807, 2.05) is 29.6 Å². The van der Waals surface area contributed by atoms with E-state index in [1.54, 1.807) is 5.51 Å². The van der Waals surface area contributed by atoms with Crippen molar-refractivity contribution >= 4 is 33.0 Å². The molecule has 1 aromatic heterocycles. The average molecular weight is 294 g/mol. The predicted molar refractivity (Wildman–Crippen MR) is 68.2 cm³/mol. The lowest BCUT2D eigenvalue weighted by Gasteiger charge is -2.10. The van der Waals surface area contributed by atoms with Gasteiger partial charge in [0, 0.05) is 15.5 Å². The minimum Gasteiger partial charge on any atom is -0.365 e. The highest BCUT2D eigenvalue weighted by Gasteiger charge is 2.11. The molecular weight excluding hydrogens is 286 g/mol. The minimum atomic E-state index is -0.396. The van der Waals surface area contributed by atoms with Gasteiger partial charge in [-0.15, -0.1) is 11.3 Å². The smallest absolute Gasteiger partial charge is 0.158 e. The van der Waals surface area contributed by atoms with Gasteiger partial charge in [0.05, 0.1) is 17.3 Å². The number of hydrogen-bond donors (Lipinski definition) is 1. The Hall–Kier alpha value is -1.38. The van der Waals surface area contributed by atoms with E-state index in [-0.39, 0.29) is 0 Å². The molecule has 2 aromatic rings. The van der Waals surface area contributed by atoms with Crippen molar-refractivity contribution in [2.75, 3.05) is 5.32 Å². The molecular formula is C11H8BrN3S. The van der Waals surface area contributed by atoms with Gasteiger partial charge in [-0.3, -0.25) is 0 Å². The van der Waals surface area contributed by atoms with Crippen LogP contribution in [0.3, 0.4) is 0 Å². The maximum Gasteiger partial charge on any atom is 0.158 e. The predicted octanol–water partition coefficient (Wildman–Crippen LogP) is 3.58. The molecule has 0 saturated heterocycles. The molecule has 1 aromatic carbocycles. The summed E-state index contributed by atoms with van der Waals surface area (Å²) in [7, 11) is 0. The van der Waals surface area contributed by atoms with Crippen molar-refractivity contribution in [2.45, 2.75) is 6.04 Å². The first-order valence-electron chi connectivity index (χ1n) is 4.59. The van der Waals surface area contributed by atoms with Gasteiger partial charge in [-0.25, -0.2) is 4.98 Å². The quantitative estimate of drug-likeness (QED) is 0.941. The molecule has 0 aliphatic rings. The first kappa shape index (κ1) is 11.1. The number of hydrogen-bond acceptors (Lipinski definition) is 4. The fourth-order valence-electron chi connectivity index (χ4n) is 1.25.